The highest BCUT2D eigenvalue weighted by Crippen LogP contribution is 2.15. The molecular weight excluding hydrogens is 196 g/mol. The summed E-state index contributed by atoms with van der Waals surface area (Å²) in [6, 6.07) is 0. The van der Waals surface area contributed by atoms with Crippen molar-refractivity contribution in [2.75, 3.05) is 0 Å². The van der Waals surface area contributed by atoms with Gasteiger partial charge in [-0.25, -0.2) is 0 Å². The zero-order chi connectivity index (χ0) is 12.6. The SMILES string of the molecule is C#CC(C)(O)CC/C=C(/C)CCCC(C)C. The largest absolute Gasteiger partial charge is 0.378 e. The van der Waals surface area contributed by atoms with E-state index in [1.165, 1.54) is 18.4 Å². The van der Waals surface area contributed by atoms with Gasteiger partial charge >= 0.3 is 0 Å². The van der Waals surface area contributed by atoms with Crippen molar-refractivity contribution in [3.8, 4) is 12.3 Å². The van der Waals surface area contributed by atoms with Crippen LogP contribution in [0.3, 0.4) is 0 Å². The molecule has 16 heavy (non-hydrogen) atoms. The fraction of sp³-hybridized carbons (Fsp3) is 0.733. The molecule has 0 rings (SSSR count). The molecule has 92 valence electrons. The van der Waals surface area contributed by atoms with E-state index in [1.54, 1.807) is 6.92 Å². The highest BCUT2D eigenvalue weighted by atomic mass is 16.3. The van der Waals surface area contributed by atoms with Crippen LogP contribution in [-0.2, 0) is 0 Å². The van der Waals surface area contributed by atoms with Gasteiger partial charge in [0.15, 0.2) is 0 Å². The fourth-order valence-electron chi connectivity index (χ4n) is 1.56. The van der Waals surface area contributed by atoms with Gasteiger partial charge in [-0.05, 0) is 45.4 Å². The molecular formula is C15H26O. The Kier molecular flexibility index (Phi) is 7.17. The quantitative estimate of drug-likeness (QED) is 0.511. The van der Waals surface area contributed by atoms with E-state index in [-0.39, 0.29) is 0 Å². The second-order valence-electron chi connectivity index (χ2n) is 5.29. The Morgan fingerprint density at radius 2 is 2.12 bits per heavy atom. The van der Waals surface area contributed by atoms with Crippen LogP contribution < -0.4 is 0 Å². The Bertz CT molecular complexity index is 253. The first kappa shape index (κ1) is 15.3. The smallest absolute Gasteiger partial charge is 0.122 e. The minimum Gasteiger partial charge on any atom is -0.378 e. The van der Waals surface area contributed by atoms with Crippen molar-refractivity contribution >= 4 is 0 Å². The van der Waals surface area contributed by atoms with Gasteiger partial charge in [-0.3, -0.25) is 0 Å². The van der Waals surface area contributed by atoms with Gasteiger partial charge < -0.3 is 5.11 Å². The molecule has 0 fully saturated rings. The van der Waals surface area contributed by atoms with Gasteiger partial charge in [0, 0.05) is 0 Å². The fourth-order valence-corrected chi connectivity index (χ4v) is 1.56. The van der Waals surface area contributed by atoms with Crippen LogP contribution in [0.15, 0.2) is 11.6 Å². The number of terminal acetylenes is 1. The maximum atomic E-state index is 9.62. The molecule has 0 aliphatic rings. The van der Waals surface area contributed by atoms with Gasteiger partial charge in [0.25, 0.3) is 0 Å². The molecule has 0 heterocycles. The summed E-state index contributed by atoms with van der Waals surface area (Å²) in [5.41, 5.74) is 0.461. The van der Waals surface area contributed by atoms with E-state index in [2.05, 4.69) is 32.8 Å². The predicted molar refractivity (Wildman–Crippen MR) is 71.1 cm³/mol. The third kappa shape index (κ3) is 8.56. The van der Waals surface area contributed by atoms with Gasteiger partial charge in [0.05, 0.1) is 0 Å². The molecule has 0 radical (unpaired) electrons. The van der Waals surface area contributed by atoms with Crippen molar-refractivity contribution < 1.29 is 5.11 Å². The van der Waals surface area contributed by atoms with E-state index in [9.17, 15) is 5.11 Å². The van der Waals surface area contributed by atoms with Crippen molar-refractivity contribution in [3.63, 3.8) is 0 Å². The van der Waals surface area contributed by atoms with Crippen molar-refractivity contribution in [1.82, 2.24) is 0 Å². The second kappa shape index (κ2) is 7.52. The summed E-state index contributed by atoms with van der Waals surface area (Å²) < 4.78 is 0. The Morgan fingerprint density at radius 1 is 1.50 bits per heavy atom. The first-order chi connectivity index (χ1) is 7.37. The summed E-state index contributed by atoms with van der Waals surface area (Å²) in [6.45, 7) is 8.35. The molecule has 0 aromatic heterocycles. The molecule has 1 heteroatoms. The minimum atomic E-state index is -0.950. The Labute approximate surface area is 101 Å². The van der Waals surface area contributed by atoms with Crippen molar-refractivity contribution in [2.24, 2.45) is 5.92 Å². The van der Waals surface area contributed by atoms with Crippen LogP contribution in [-0.4, -0.2) is 10.7 Å². The third-order valence-corrected chi connectivity index (χ3v) is 2.79. The summed E-state index contributed by atoms with van der Waals surface area (Å²) in [5, 5.41) is 9.62. The van der Waals surface area contributed by atoms with Crippen LogP contribution in [0.4, 0.5) is 0 Å². The van der Waals surface area contributed by atoms with Crippen LogP contribution in [0.25, 0.3) is 0 Å². The summed E-state index contributed by atoms with van der Waals surface area (Å²) in [7, 11) is 0. The lowest BCUT2D eigenvalue weighted by molar-refractivity contribution is 0.113. The third-order valence-electron chi connectivity index (χ3n) is 2.79. The Balaban J connectivity index is 3.76. The van der Waals surface area contributed by atoms with Crippen molar-refractivity contribution in [2.45, 2.75) is 65.4 Å². The maximum absolute atomic E-state index is 9.62. The van der Waals surface area contributed by atoms with Crippen LogP contribution in [0, 0.1) is 18.3 Å². The molecule has 0 spiro atoms. The number of rotatable bonds is 7. The van der Waals surface area contributed by atoms with Crippen molar-refractivity contribution in [1.29, 1.82) is 0 Å². The van der Waals surface area contributed by atoms with Gasteiger partial charge in [-0.1, -0.05) is 37.8 Å². The molecule has 1 atom stereocenters. The normalized spacial score (nSPS) is 15.9. The number of aliphatic hydroxyl groups is 1. The van der Waals surface area contributed by atoms with Crippen LogP contribution >= 0.6 is 0 Å². The van der Waals surface area contributed by atoms with Gasteiger partial charge in [0.2, 0.25) is 0 Å². The lowest BCUT2D eigenvalue weighted by Crippen LogP contribution is -2.20. The number of hydrogen-bond donors (Lipinski definition) is 1. The average Bonchev–Trinajstić information content (AvgIpc) is 2.17. The highest BCUT2D eigenvalue weighted by molar-refractivity contribution is 5.06. The summed E-state index contributed by atoms with van der Waals surface area (Å²) in [6.07, 6.45) is 12.6. The van der Waals surface area contributed by atoms with E-state index in [0.717, 1.165) is 18.8 Å². The molecule has 0 aromatic rings. The van der Waals surface area contributed by atoms with E-state index >= 15 is 0 Å². The van der Waals surface area contributed by atoms with Gasteiger partial charge in [0.1, 0.15) is 5.60 Å². The Hall–Kier alpha value is -0.740. The number of hydrogen-bond acceptors (Lipinski definition) is 1. The van der Waals surface area contributed by atoms with Crippen LogP contribution in [0.5, 0.6) is 0 Å². The molecule has 1 N–H and O–H groups in total. The predicted octanol–water partition coefficient (Wildman–Crippen LogP) is 3.92. The molecule has 0 aromatic carbocycles. The molecule has 0 bridgehead atoms. The summed E-state index contributed by atoms with van der Waals surface area (Å²) in [4.78, 5) is 0. The van der Waals surface area contributed by atoms with Crippen molar-refractivity contribution in [3.05, 3.63) is 11.6 Å². The van der Waals surface area contributed by atoms with E-state index < -0.39 is 5.60 Å². The van der Waals surface area contributed by atoms with E-state index in [0.29, 0.717) is 6.42 Å². The summed E-state index contributed by atoms with van der Waals surface area (Å²) in [5.74, 6) is 3.19. The molecule has 0 aliphatic carbocycles. The monoisotopic (exact) mass is 222 g/mol. The maximum Gasteiger partial charge on any atom is 0.122 e. The highest BCUT2D eigenvalue weighted by Gasteiger charge is 2.14. The van der Waals surface area contributed by atoms with Crippen LogP contribution in [0.1, 0.15) is 59.8 Å². The molecule has 1 nitrogen and oxygen atoms in total. The zero-order valence-corrected chi connectivity index (χ0v) is 11.2. The van der Waals surface area contributed by atoms with E-state index in [4.69, 9.17) is 6.42 Å². The average molecular weight is 222 g/mol. The lowest BCUT2D eigenvalue weighted by atomic mass is 9.99. The second-order valence-corrected chi connectivity index (χ2v) is 5.29. The first-order valence-electron chi connectivity index (χ1n) is 6.23. The number of allylic oxidation sites excluding steroid dienone is 2. The van der Waals surface area contributed by atoms with Crippen LogP contribution in [0.2, 0.25) is 0 Å². The summed E-state index contributed by atoms with van der Waals surface area (Å²) >= 11 is 0. The zero-order valence-electron chi connectivity index (χ0n) is 11.2. The standard InChI is InChI=1S/C15H26O/c1-6-15(5,16)12-8-11-14(4)10-7-9-13(2)3/h1,11,13,16H,7-10,12H2,2-5H3/b14-11-. The minimum absolute atomic E-state index is 0.644. The van der Waals surface area contributed by atoms with E-state index in [1.807, 2.05) is 0 Å². The molecule has 0 saturated carbocycles. The first-order valence-corrected chi connectivity index (χ1v) is 6.23. The van der Waals surface area contributed by atoms with Gasteiger partial charge in [-0.15, -0.1) is 6.42 Å². The molecule has 0 saturated heterocycles. The molecule has 1 unspecified atom stereocenters. The lowest BCUT2D eigenvalue weighted by Gasteiger charge is -2.14. The molecule has 0 aliphatic heterocycles. The topological polar surface area (TPSA) is 20.2 Å². The van der Waals surface area contributed by atoms with Gasteiger partial charge in [-0.2, -0.15) is 0 Å². The Morgan fingerprint density at radius 3 is 2.62 bits per heavy atom. The molecule has 0 amide bonds.